The topological polar surface area (TPSA) is 159 Å². The summed E-state index contributed by atoms with van der Waals surface area (Å²) in [5, 5.41) is 10.8. The summed E-state index contributed by atoms with van der Waals surface area (Å²) >= 11 is 6.08. The van der Waals surface area contributed by atoms with E-state index >= 15 is 0 Å². The van der Waals surface area contributed by atoms with Crippen LogP contribution in [0.25, 0.3) is 11.2 Å². The molecule has 2 aromatic rings. The number of fused-ring (bicyclic) bond motifs is 2. The first-order valence-electron chi connectivity index (χ1n) is 12.0. The van der Waals surface area contributed by atoms with Gasteiger partial charge in [0.25, 0.3) is 0 Å². The van der Waals surface area contributed by atoms with Gasteiger partial charge in [-0.1, -0.05) is 0 Å². The molecule has 0 spiro atoms. The van der Waals surface area contributed by atoms with Gasteiger partial charge in [-0.3, -0.25) is 0 Å². The number of rotatable bonds is 11. The average Bonchev–Trinajstić information content (AvgIpc) is 3.42. The van der Waals surface area contributed by atoms with E-state index in [-0.39, 0.29) is 25.3 Å². The van der Waals surface area contributed by atoms with Crippen LogP contribution in [0.2, 0.25) is 0 Å². The van der Waals surface area contributed by atoms with Crippen molar-refractivity contribution in [3.05, 3.63) is 11.0 Å². The number of aliphatic hydroxyl groups is 1. The van der Waals surface area contributed by atoms with Crippen LogP contribution in [-0.2, 0) is 23.0 Å². The fourth-order valence-corrected chi connectivity index (χ4v) is 6.86. The number of H-pyrrole nitrogens is 1. The number of nitrogens with one attached hydrogen (secondary N) is 1. The Labute approximate surface area is 219 Å². The number of nitrogen functional groups attached to an aromatic ring is 1. The summed E-state index contributed by atoms with van der Waals surface area (Å²) in [6.07, 6.45) is 2.46. The molecule has 0 aliphatic carbocycles. The monoisotopic (exact) mass is 565 g/mol. The van der Waals surface area contributed by atoms with Gasteiger partial charge in [-0.2, -0.15) is 0 Å². The van der Waals surface area contributed by atoms with Gasteiger partial charge in [-0.25, -0.2) is 0 Å². The summed E-state index contributed by atoms with van der Waals surface area (Å²) in [4.78, 5) is 22.2. The Morgan fingerprint density at radius 3 is 3.00 bits per heavy atom. The Morgan fingerprint density at radius 1 is 1.42 bits per heavy atom. The van der Waals surface area contributed by atoms with Crippen LogP contribution in [0.4, 0.5) is 5.95 Å². The van der Waals surface area contributed by atoms with Gasteiger partial charge in [0.2, 0.25) is 0 Å². The molecule has 0 amide bonds. The number of thiol groups is 1. The van der Waals surface area contributed by atoms with Crippen molar-refractivity contribution in [3.63, 3.8) is 0 Å². The number of nitrogens with two attached hydrogens (primary N) is 1. The van der Waals surface area contributed by atoms with E-state index in [1.807, 2.05) is 13.8 Å². The minimum absolute atomic E-state index is 0.158. The summed E-state index contributed by atoms with van der Waals surface area (Å²) < 4.78 is 30.9. The number of aromatic nitrogens is 4. The Morgan fingerprint density at radius 2 is 2.22 bits per heavy atom. The van der Waals surface area contributed by atoms with Crippen molar-refractivity contribution in [2.75, 3.05) is 37.9 Å². The zero-order valence-electron chi connectivity index (χ0n) is 20.7. The normalized spacial score (nSPS) is 25.5. The molecule has 2 aliphatic heterocycles. The van der Waals surface area contributed by atoms with E-state index in [0.29, 0.717) is 52.7 Å². The number of aliphatic hydroxyl groups excluding tert-OH is 1. The Balaban J connectivity index is 1.27. The summed E-state index contributed by atoms with van der Waals surface area (Å²) in [7, 11) is -3.80. The molecular weight excluding hydrogens is 529 g/mol. The van der Waals surface area contributed by atoms with Crippen LogP contribution in [0.1, 0.15) is 46.3 Å². The van der Waals surface area contributed by atoms with Crippen LogP contribution >= 0.6 is 31.7 Å². The number of anilines is 1. The molecule has 36 heavy (non-hydrogen) atoms. The van der Waals surface area contributed by atoms with E-state index in [0.717, 1.165) is 17.8 Å². The number of ether oxygens (including phenoxy) is 2. The Kier molecular flexibility index (Phi) is 9.14. The molecule has 2 fully saturated rings. The van der Waals surface area contributed by atoms with Gasteiger partial charge < -0.3 is 0 Å². The zero-order chi connectivity index (χ0) is 25.9. The van der Waals surface area contributed by atoms with Gasteiger partial charge in [0.15, 0.2) is 0 Å². The third-order valence-electron chi connectivity index (χ3n) is 5.94. The van der Waals surface area contributed by atoms with E-state index in [4.69, 9.17) is 41.0 Å². The van der Waals surface area contributed by atoms with Crippen molar-refractivity contribution in [2.45, 2.75) is 58.5 Å². The quantitative estimate of drug-likeness (QED) is 0.118. The molecular formula is C21H36N5O7PS2. The van der Waals surface area contributed by atoms with Gasteiger partial charge in [0, 0.05) is 0 Å². The van der Waals surface area contributed by atoms with Gasteiger partial charge in [0.05, 0.1) is 0 Å². The SMILES string of the molecule is CCCOCC(C)(C)C(O)=[SH]CCCO[PH]1(O)OC[C@H]2O[C@@H](n3cnc4c(=S)[nH]c(N)nc43)C[C@@H]2O1. The second-order valence-corrected chi connectivity index (χ2v) is 12.9. The number of aromatic amines is 1. The second-order valence-electron chi connectivity index (χ2n) is 9.48. The molecule has 2 aromatic heterocycles. The molecule has 12 nitrogen and oxygen atoms in total. The first-order chi connectivity index (χ1) is 17.1. The summed E-state index contributed by atoms with van der Waals surface area (Å²) in [6.45, 7) is 7.53. The molecule has 3 atom stereocenters. The number of imidazole rings is 1. The molecule has 4 heterocycles. The molecule has 0 radical (unpaired) electrons. The molecule has 15 heteroatoms. The standard InChI is InChI=1S/C21H36N5O7PS2/c1-4-6-29-11-21(2,3)19(27)36-8-5-7-30-34(28)31-10-14-13(33-34)9-15(32-14)26-12-23-16-17(26)24-20(22)25-18(16)35/h12-15,27-28,34,36H,4-11H2,1-3H3,(H3,22,24,25,35)/t13-,14+,15+/m0/s1. The van der Waals surface area contributed by atoms with Crippen LogP contribution in [0.15, 0.2) is 6.33 Å². The number of hydrogen-bond acceptors (Lipinski definition) is 10. The third kappa shape index (κ3) is 6.49. The molecule has 0 saturated carbocycles. The number of nitrogens with zero attached hydrogens (tertiary/aromatic N) is 3. The third-order valence-corrected chi connectivity index (χ3v) is 9.38. The van der Waals surface area contributed by atoms with E-state index in [2.05, 4.69) is 21.9 Å². The van der Waals surface area contributed by atoms with E-state index in [9.17, 15) is 10.00 Å². The fourth-order valence-electron chi connectivity index (χ4n) is 3.99. The number of hydrogen-bond donors (Lipinski definition) is 5. The first kappa shape index (κ1) is 28.0. The van der Waals surface area contributed by atoms with Crippen LogP contribution in [-0.4, -0.2) is 79.0 Å². The van der Waals surface area contributed by atoms with Gasteiger partial charge >= 0.3 is 219 Å². The van der Waals surface area contributed by atoms with E-state index < -0.39 is 25.9 Å². The van der Waals surface area contributed by atoms with Crippen LogP contribution in [0, 0.1) is 10.1 Å². The van der Waals surface area contributed by atoms with Crippen LogP contribution < -0.4 is 5.73 Å². The molecule has 4 rings (SSSR count). The maximum atomic E-state index is 10.8. The Bertz CT molecular complexity index is 1150. The van der Waals surface area contributed by atoms with Crippen molar-refractivity contribution >= 4 is 53.9 Å². The van der Waals surface area contributed by atoms with E-state index in [1.54, 1.807) is 10.9 Å². The predicted molar refractivity (Wildman–Crippen MR) is 144 cm³/mol. The van der Waals surface area contributed by atoms with E-state index in [1.165, 1.54) is 0 Å². The molecule has 0 aromatic carbocycles. The summed E-state index contributed by atoms with van der Waals surface area (Å²) in [5.41, 5.74) is 6.44. The van der Waals surface area contributed by atoms with Crippen molar-refractivity contribution in [2.24, 2.45) is 5.41 Å². The van der Waals surface area contributed by atoms with Gasteiger partial charge in [-0.15, -0.1) is 0 Å². The van der Waals surface area contributed by atoms with Crippen molar-refractivity contribution in [1.82, 2.24) is 19.5 Å². The predicted octanol–water partition coefficient (Wildman–Crippen LogP) is 3.19. The molecule has 5 N–H and O–H groups in total. The van der Waals surface area contributed by atoms with Crippen LogP contribution in [0.3, 0.4) is 0 Å². The molecule has 2 aliphatic rings. The van der Waals surface area contributed by atoms with Gasteiger partial charge in [0.1, 0.15) is 0 Å². The summed E-state index contributed by atoms with van der Waals surface area (Å²) in [5.74, 6) is 0.870. The van der Waals surface area contributed by atoms with Crippen molar-refractivity contribution in [3.8, 4) is 0 Å². The van der Waals surface area contributed by atoms with Gasteiger partial charge in [-0.05, 0) is 0 Å². The second kappa shape index (κ2) is 11.8. The summed E-state index contributed by atoms with van der Waals surface area (Å²) in [6, 6.07) is 0. The average molecular weight is 566 g/mol. The Hall–Kier alpha value is -1.06. The van der Waals surface area contributed by atoms with Crippen molar-refractivity contribution < 1.29 is 33.0 Å². The maximum absolute atomic E-state index is 10.8. The zero-order valence-corrected chi connectivity index (χ0v) is 23.4. The fraction of sp³-hybridized carbons (Fsp3) is 0.714. The van der Waals surface area contributed by atoms with Crippen LogP contribution in [0.5, 0.6) is 0 Å². The molecule has 0 unspecified atom stereocenters. The first-order valence-corrected chi connectivity index (χ1v) is 15.2. The van der Waals surface area contributed by atoms with Crippen molar-refractivity contribution in [1.29, 1.82) is 0 Å². The minimum atomic E-state index is -3.80. The molecule has 0 bridgehead atoms. The molecule has 204 valence electrons. The molecule has 2 saturated heterocycles.